The monoisotopic (exact) mass is 334 g/mol. The van der Waals surface area contributed by atoms with E-state index in [9.17, 15) is 0 Å². The second-order valence-corrected chi connectivity index (χ2v) is 6.04. The normalized spacial score (nSPS) is 10.2. The fourth-order valence-electron chi connectivity index (χ4n) is 2.42. The average Bonchev–Trinajstić information content (AvgIpc) is 2.43. The van der Waals surface area contributed by atoms with Crippen molar-refractivity contribution in [2.24, 2.45) is 0 Å². The number of halogens is 1. The molecular formula is C17H19ClN2OS. The minimum Gasteiger partial charge on any atom is -0.495 e. The van der Waals surface area contributed by atoms with Crippen LogP contribution in [0.2, 0.25) is 5.02 Å². The molecule has 0 atom stereocenters. The maximum absolute atomic E-state index is 6.03. The van der Waals surface area contributed by atoms with Crippen LogP contribution in [0.4, 0.5) is 11.4 Å². The number of anilines is 2. The van der Waals surface area contributed by atoms with Crippen LogP contribution in [0, 0.1) is 20.8 Å². The van der Waals surface area contributed by atoms with Crippen LogP contribution in [0.25, 0.3) is 0 Å². The highest BCUT2D eigenvalue weighted by molar-refractivity contribution is 7.80. The third-order valence-corrected chi connectivity index (χ3v) is 3.76. The van der Waals surface area contributed by atoms with Crippen LogP contribution >= 0.6 is 23.8 Å². The Morgan fingerprint density at radius 1 is 1.05 bits per heavy atom. The molecule has 0 heterocycles. The van der Waals surface area contributed by atoms with Crippen molar-refractivity contribution >= 4 is 40.3 Å². The van der Waals surface area contributed by atoms with E-state index in [1.54, 1.807) is 25.3 Å². The molecule has 0 unspecified atom stereocenters. The van der Waals surface area contributed by atoms with Crippen molar-refractivity contribution in [3.63, 3.8) is 0 Å². The Hall–Kier alpha value is -1.78. The molecule has 3 nitrogen and oxygen atoms in total. The molecule has 0 radical (unpaired) electrons. The number of nitrogens with one attached hydrogen (secondary N) is 2. The first-order valence-corrected chi connectivity index (χ1v) is 7.68. The SMILES string of the molecule is COc1ccc(Cl)cc1NC(=S)Nc1c(C)cc(C)cc1C. The lowest BCUT2D eigenvalue weighted by Gasteiger charge is -2.17. The summed E-state index contributed by atoms with van der Waals surface area (Å²) in [5.41, 5.74) is 5.29. The Bertz CT molecular complexity index is 693. The van der Waals surface area contributed by atoms with E-state index in [2.05, 4.69) is 43.5 Å². The van der Waals surface area contributed by atoms with Crippen LogP contribution in [-0.4, -0.2) is 12.2 Å². The topological polar surface area (TPSA) is 33.3 Å². The first-order valence-electron chi connectivity index (χ1n) is 6.90. The first kappa shape index (κ1) is 16.6. The van der Waals surface area contributed by atoms with Gasteiger partial charge in [-0.1, -0.05) is 29.3 Å². The van der Waals surface area contributed by atoms with E-state index in [0.29, 0.717) is 15.9 Å². The zero-order valence-electron chi connectivity index (χ0n) is 13.1. The number of rotatable bonds is 3. The standard InChI is InChI=1S/C17H19ClN2OS/c1-10-7-11(2)16(12(3)8-10)20-17(22)19-14-9-13(18)5-6-15(14)21-4/h5-9H,1-4H3,(H2,19,20,22). The Balaban J connectivity index is 2.19. The lowest BCUT2D eigenvalue weighted by Crippen LogP contribution is -2.20. The van der Waals surface area contributed by atoms with Gasteiger partial charge in [-0.25, -0.2) is 0 Å². The van der Waals surface area contributed by atoms with Gasteiger partial charge < -0.3 is 15.4 Å². The number of aryl methyl sites for hydroxylation is 3. The number of methoxy groups -OCH3 is 1. The lowest BCUT2D eigenvalue weighted by atomic mass is 10.1. The van der Waals surface area contributed by atoms with Crippen molar-refractivity contribution in [3.05, 3.63) is 52.0 Å². The van der Waals surface area contributed by atoms with Crippen molar-refractivity contribution in [1.82, 2.24) is 0 Å². The van der Waals surface area contributed by atoms with Crippen LogP contribution in [-0.2, 0) is 0 Å². The van der Waals surface area contributed by atoms with E-state index < -0.39 is 0 Å². The highest BCUT2D eigenvalue weighted by Crippen LogP contribution is 2.28. The van der Waals surface area contributed by atoms with Gasteiger partial charge in [0, 0.05) is 10.7 Å². The zero-order valence-corrected chi connectivity index (χ0v) is 14.7. The Kier molecular flexibility index (Phi) is 5.27. The number of thiocarbonyl (C=S) groups is 1. The van der Waals surface area contributed by atoms with Gasteiger partial charge in [-0.2, -0.15) is 0 Å². The van der Waals surface area contributed by atoms with Crippen molar-refractivity contribution in [1.29, 1.82) is 0 Å². The largest absolute Gasteiger partial charge is 0.495 e. The minimum atomic E-state index is 0.496. The van der Waals surface area contributed by atoms with Crippen molar-refractivity contribution in [3.8, 4) is 5.75 Å². The van der Waals surface area contributed by atoms with Gasteiger partial charge >= 0.3 is 0 Å². The fourth-order valence-corrected chi connectivity index (χ4v) is 2.81. The molecule has 0 aliphatic rings. The van der Waals surface area contributed by atoms with Crippen molar-refractivity contribution in [2.75, 3.05) is 17.7 Å². The van der Waals surface area contributed by atoms with Gasteiger partial charge in [0.25, 0.3) is 0 Å². The second kappa shape index (κ2) is 6.99. The third kappa shape index (κ3) is 3.90. The summed E-state index contributed by atoms with van der Waals surface area (Å²) in [5.74, 6) is 0.686. The molecule has 0 aliphatic carbocycles. The summed E-state index contributed by atoms with van der Waals surface area (Å²) in [6.07, 6.45) is 0. The minimum absolute atomic E-state index is 0.496. The van der Waals surface area contributed by atoms with E-state index in [-0.39, 0.29) is 0 Å². The molecule has 0 aliphatic heterocycles. The Labute approximate surface area is 141 Å². The van der Waals surface area contributed by atoms with Crippen LogP contribution in [0.1, 0.15) is 16.7 Å². The van der Waals surface area contributed by atoms with E-state index in [1.807, 2.05) is 0 Å². The van der Waals surface area contributed by atoms with Gasteiger partial charge in [-0.15, -0.1) is 0 Å². The van der Waals surface area contributed by atoms with Gasteiger partial charge in [0.1, 0.15) is 5.75 Å². The molecule has 0 saturated heterocycles. The molecular weight excluding hydrogens is 316 g/mol. The number of hydrogen-bond donors (Lipinski definition) is 2. The van der Waals surface area contributed by atoms with Crippen molar-refractivity contribution < 1.29 is 4.74 Å². The predicted molar refractivity (Wildman–Crippen MR) is 98.5 cm³/mol. The lowest BCUT2D eigenvalue weighted by molar-refractivity contribution is 0.417. The molecule has 2 rings (SSSR count). The summed E-state index contributed by atoms with van der Waals surface area (Å²) >= 11 is 11.4. The molecule has 0 fully saturated rings. The second-order valence-electron chi connectivity index (χ2n) is 5.20. The molecule has 0 aromatic heterocycles. The molecule has 0 saturated carbocycles. The van der Waals surface area contributed by atoms with Gasteiger partial charge in [0.2, 0.25) is 0 Å². The number of benzene rings is 2. The third-order valence-electron chi connectivity index (χ3n) is 3.33. The molecule has 2 N–H and O–H groups in total. The maximum atomic E-state index is 6.03. The summed E-state index contributed by atoms with van der Waals surface area (Å²) in [6.45, 7) is 6.20. The van der Waals surface area contributed by atoms with E-state index in [4.69, 9.17) is 28.6 Å². The average molecular weight is 335 g/mol. The number of ether oxygens (including phenoxy) is 1. The summed E-state index contributed by atoms with van der Waals surface area (Å²) in [5, 5.41) is 7.49. The summed E-state index contributed by atoms with van der Waals surface area (Å²) in [4.78, 5) is 0. The van der Waals surface area contributed by atoms with Crippen molar-refractivity contribution in [2.45, 2.75) is 20.8 Å². The Morgan fingerprint density at radius 2 is 1.68 bits per heavy atom. The van der Waals surface area contributed by atoms with Crippen LogP contribution in [0.15, 0.2) is 30.3 Å². The molecule has 116 valence electrons. The summed E-state index contributed by atoms with van der Waals surface area (Å²) < 4.78 is 5.31. The Morgan fingerprint density at radius 3 is 2.27 bits per heavy atom. The van der Waals surface area contributed by atoms with Crippen LogP contribution in [0.5, 0.6) is 5.75 Å². The molecule has 22 heavy (non-hydrogen) atoms. The summed E-state index contributed by atoms with van der Waals surface area (Å²) in [7, 11) is 1.61. The first-order chi connectivity index (χ1) is 10.4. The number of hydrogen-bond acceptors (Lipinski definition) is 2. The smallest absolute Gasteiger partial charge is 0.175 e. The molecule has 0 spiro atoms. The molecule has 0 bridgehead atoms. The van der Waals surface area contributed by atoms with Gasteiger partial charge in [-0.05, 0) is 62.3 Å². The fraction of sp³-hybridized carbons (Fsp3) is 0.235. The molecule has 5 heteroatoms. The van der Waals surface area contributed by atoms with E-state index in [1.165, 1.54) is 5.56 Å². The van der Waals surface area contributed by atoms with Crippen LogP contribution in [0.3, 0.4) is 0 Å². The molecule has 0 amide bonds. The highest BCUT2D eigenvalue weighted by atomic mass is 35.5. The predicted octanol–water partition coefficient (Wildman–Crippen LogP) is 5.08. The highest BCUT2D eigenvalue weighted by Gasteiger charge is 2.09. The molecule has 2 aromatic carbocycles. The van der Waals surface area contributed by atoms with Gasteiger partial charge in [-0.3, -0.25) is 0 Å². The quantitative estimate of drug-likeness (QED) is 0.767. The van der Waals surface area contributed by atoms with E-state index in [0.717, 1.165) is 22.5 Å². The summed E-state index contributed by atoms with van der Waals surface area (Å²) in [6, 6.07) is 9.60. The van der Waals surface area contributed by atoms with E-state index >= 15 is 0 Å². The maximum Gasteiger partial charge on any atom is 0.175 e. The van der Waals surface area contributed by atoms with Gasteiger partial charge in [0.15, 0.2) is 5.11 Å². The van der Waals surface area contributed by atoms with Gasteiger partial charge in [0.05, 0.1) is 12.8 Å². The molecule has 2 aromatic rings. The zero-order chi connectivity index (χ0) is 16.3. The van der Waals surface area contributed by atoms with Crippen LogP contribution < -0.4 is 15.4 Å².